The van der Waals surface area contributed by atoms with E-state index in [0.717, 1.165) is 16.7 Å². The highest BCUT2D eigenvalue weighted by atomic mass is 79.9. The SMILES string of the molecule is CC(CNc1nc2c(Br)cccn2n1)N1CCCCC1. The molecule has 1 fully saturated rings. The smallest absolute Gasteiger partial charge is 0.243 e. The van der Waals surface area contributed by atoms with Gasteiger partial charge in [0.2, 0.25) is 5.95 Å². The number of anilines is 1. The first kappa shape index (κ1) is 13.8. The van der Waals surface area contributed by atoms with Gasteiger partial charge in [-0.1, -0.05) is 6.42 Å². The maximum atomic E-state index is 4.50. The van der Waals surface area contributed by atoms with E-state index in [2.05, 4.69) is 43.2 Å². The van der Waals surface area contributed by atoms with Gasteiger partial charge in [0.25, 0.3) is 0 Å². The number of piperidine rings is 1. The molecule has 0 saturated carbocycles. The Morgan fingerprint density at radius 3 is 2.90 bits per heavy atom. The van der Waals surface area contributed by atoms with Gasteiger partial charge >= 0.3 is 0 Å². The van der Waals surface area contributed by atoms with Crippen molar-refractivity contribution in [3.63, 3.8) is 0 Å². The van der Waals surface area contributed by atoms with Crippen molar-refractivity contribution in [1.82, 2.24) is 19.5 Å². The molecule has 0 bridgehead atoms. The number of aromatic nitrogens is 3. The Balaban J connectivity index is 1.63. The second-order valence-corrected chi connectivity index (χ2v) is 6.24. The van der Waals surface area contributed by atoms with Crippen LogP contribution in [0, 0.1) is 0 Å². The summed E-state index contributed by atoms with van der Waals surface area (Å²) in [5.41, 5.74) is 0.848. The molecule has 5 nitrogen and oxygen atoms in total. The number of pyridine rings is 1. The third kappa shape index (κ3) is 2.96. The fraction of sp³-hybridized carbons (Fsp3) is 0.571. The van der Waals surface area contributed by atoms with E-state index in [-0.39, 0.29) is 0 Å². The molecular weight excluding hydrogens is 318 g/mol. The number of fused-ring (bicyclic) bond motifs is 1. The monoisotopic (exact) mass is 337 g/mol. The first-order chi connectivity index (χ1) is 9.74. The van der Waals surface area contributed by atoms with Crippen LogP contribution in [0.15, 0.2) is 22.8 Å². The number of likely N-dealkylation sites (tertiary alicyclic amines) is 1. The highest BCUT2D eigenvalue weighted by Crippen LogP contribution is 2.17. The van der Waals surface area contributed by atoms with Crippen molar-refractivity contribution in [2.24, 2.45) is 0 Å². The molecule has 20 heavy (non-hydrogen) atoms. The number of nitrogens with zero attached hydrogens (tertiary/aromatic N) is 4. The average molecular weight is 338 g/mol. The molecule has 2 aromatic rings. The zero-order valence-electron chi connectivity index (χ0n) is 11.7. The van der Waals surface area contributed by atoms with Crippen LogP contribution >= 0.6 is 15.9 Å². The van der Waals surface area contributed by atoms with Crippen molar-refractivity contribution in [2.45, 2.75) is 32.2 Å². The molecular formula is C14H20BrN5. The van der Waals surface area contributed by atoms with Gasteiger partial charge in [-0.2, -0.15) is 4.98 Å². The van der Waals surface area contributed by atoms with Crippen LogP contribution in [0.3, 0.4) is 0 Å². The molecule has 3 heterocycles. The molecule has 0 aromatic carbocycles. The number of rotatable bonds is 4. The van der Waals surface area contributed by atoms with Gasteiger partial charge in [0.15, 0.2) is 5.65 Å². The predicted molar refractivity (Wildman–Crippen MR) is 84.1 cm³/mol. The summed E-state index contributed by atoms with van der Waals surface area (Å²) in [4.78, 5) is 7.05. The number of hydrogen-bond acceptors (Lipinski definition) is 4. The van der Waals surface area contributed by atoms with Crippen molar-refractivity contribution in [3.05, 3.63) is 22.8 Å². The summed E-state index contributed by atoms with van der Waals surface area (Å²) in [5.74, 6) is 0.695. The van der Waals surface area contributed by atoms with E-state index < -0.39 is 0 Å². The van der Waals surface area contributed by atoms with Gasteiger partial charge in [-0.05, 0) is 60.9 Å². The molecule has 0 amide bonds. The molecule has 1 aliphatic heterocycles. The Morgan fingerprint density at radius 1 is 1.35 bits per heavy atom. The minimum absolute atomic E-state index is 0.519. The van der Waals surface area contributed by atoms with Crippen LogP contribution in [-0.4, -0.2) is 45.2 Å². The summed E-state index contributed by atoms with van der Waals surface area (Å²) in [7, 11) is 0. The summed E-state index contributed by atoms with van der Waals surface area (Å²) >= 11 is 3.49. The lowest BCUT2D eigenvalue weighted by molar-refractivity contribution is 0.180. The third-order valence-electron chi connectivity index (χ3n) is 3.88. The number of nitrogens with one attached hydrogen (secondary N) is 1. The molecule has 0 aliphatic carbocycles. The highest BCUT2D eigenvalue weighted by Gasteiger charge is 2.17. The summed E-state index contributed by atoms with van der Waals surface area (Å²) in [5, 5.41) is 7.79. The summed E-state index contributed by atoms with van der Waals surface area (Å²) in [6.45, 7) is 5.58. The molecule has 3 rings (SSSR count). The van der Waals surface area contributed by atoms with Crippen LogP contribution in [-0.2, 0) is 0 Å². The normalized spacial score (nSPS) is 18.3. The molecule has 108 valence electrons. The zero-order valence-corrected chi connectivity index (χ0v) is 13.3. The third-order valence-corrected chi connectivity index (χ3v) is 4.50. The Hall–Kier alpha value is -1.14. The second-order valence-electron chi connectivity index (χ2n) is 5.39. The van der Waals surface area contributed by atoms with Crippen molar-refractivity contribution in [2.75, 3.05) is 25.0 Å². The van der Waals surface area contributed by atoms with Crippen LogP contribution < -0.4 is 5.32 Å². The number of hydrogen-bond donors (Lipinski definition) is 1. The van der Waals surface area contributed by atoms with E-state index in [1.807, 2.05) is 18.3 Å². The number of halogens is 1. The zero-order chi connectivity index (χ0) is 13.9. The van der Waals surface area contributed by atoms with Gasteiger partial charge in [-0.25, -0.2) is 4.52 Å². The summed E-state index contributed by atoms with van der Waals surface area (Å²) in [6.07, 6.45) is 5.93. The van der Waals surface area contributed by atoms with Crippen molar-refractivity contribution in [3.8, 4) is 0 Å². The Kier molecular flexibility index (Phi) is 4.21. The maximum absolute atomic E-state index is 4.50. The predicted octanol–water partition coefficient (Wildman–Crippen LogP) is 2.78. The van der Waals surface area contributed by atoms with E-state index in [9.17, 15) is 0 Å². The largest absolute Gasteiger partial charge is 0.351 e. The lowest BCUT2D eigenvalue weighted by atomic mass is 10.1. The molecule has 2 aromatic heterocycles. The average Bonchev–Trinajstić information content (AvgIpc) is 2.90. The Labute approximate surface area is 127 Å². The molecule has 0 radical (unpaired) electrons. The van der Waals surface area contributed by atoms with E-state index in [1.54, 1.807) is 4.52 Å². The second kappa shape index (κ2) is 6.10. The van der Waals surface area contributed by atoms with E-state index in [0.29, 0.717) is 12.0 Å². The first-order valence-corrected chi connectivity index (χ1v) is 8.02. The van der Waals surface area contributed by atoms with E-state index in [4.69, 9.17) is 0 Å². The summed E-state index contributed by atoms with van der Waals surface area (Å²) in [6, 6.07) is 4.45. The Bertz CT molecular complexity index is 576. The van der Waals surface area contributed by atoms with Gasteiger partial charge < -0.3 is 5.32 Å². The fourth-order valence-electron chi connectivity index (χ4n) is 2.68. The lowest BCUT2D eigenvalue weighted by Crippen LogP contribution is -2.41. The molecule has 1 N–H and O–H groups in total. The van der Waals surface area contributed by atoms with Crippen LogP contribution in [0.4, 0.5) is 5.95 Å². The minimum Gasteiger partial charge on any atom is -0.351 e. The minimum atomic E-state index is 0.519. The van der Waals surface area contributed by atoms with Crippen molar-refractivity contribution in [1.29, 1.82) is 0 Å². The van der Waals surface area contributed by atoms with Gasteiger partial charge in [0.1, 0.15) is 0 Å². The molecule has 1 aliphatic rings. The Morgan fingerprint density at radius 2 is 2.15 bits per heavy atom. The molecule has 1 saturated heterocycles. The van der Waals surface area contributed by atoms with Gasteiger partial charge in [0, 0.05) is 18.8 Å². The van der Waals surface area contributed by atoms with Crippen LogP contribution in [0.1, 0.15) is 26.2 Å². The lowest BCUT2D eigenvalue weighted by Gasteiger charge is -2.32. The maximum Gasteiger partial charge on any atom is 0.243 e. The van der Waals surface area contributed by atoms with Gasteiger partial charge in [-0.15, -0.1) is 5.10 Å². The van der Waals surface area contributed by atoms with Crippen LogP contribution in [0.2, 0.25) is 0 Å². The standard InChI is InChI=1S/C14H20BrN5/c1-11(19-7-3-2-4-8-19)10-16-14-17-13-12(15)6-5-9-20(13)18-14/h5-6,9,11H,2-4,7-8,10H2,1H3,(H,16,18). The van der Waals surface area contributed by atoms with E-state index >= 15 is 0 Å². The van der Waals surface area contributed by atoms with Gasteiger partial charge in [-0.3, -0.25) is 4.90 Å². The van der Waals surface area contributed by atoms with E-state index in [1.165, 1.54) is 32.4 Å². The molecule has 6 heteroatoms. The van der Waals surface area contributed by atoms with Crippen LogP contribution in [0.5, 0.6) is 0 Å². The van der Waals surface area contributed by atoms with Crippen molar-refractivity contribution < 1.29 is 0 Å². The van der Waals surface area contributed by atoms with Crippen LogP contribution in [0.25, 0.3) is 5.65 Å². The molecule has 1 unspecified atom stereocenters. The molecule has 0 spiro atoms. The van der Waals surface area contributed by atoms with Gasteiger partial charge in [0.05, 0.1) is 4.47 Å². The summed E-state index contributed by atoms with van der Waals surface area (Å²) < 4.78 is 2.75. The van der Waals surface area contributed by atoms with Crippen molar-refractivity contribution >= 4 is 27.5 Å². The quantitative estimate of drug-likeness (QED) is 0.931. The first-order valence-electron chi connectivity index (χ1n) is 7.23. The molecule has 1 atom stereocenters. The highest BCUT2D eigenvalue weighted by molar-refractivity contribution is 9.10. The topological polar surface area (TPSA) is 45.5 Å². The fourth-order valence-corrected chi connectivity index (χ4v) is 3.10.